The number of carbonyl (C=O) groups is 2. The van der Waals surface area contributed by atoms with Crippen molar-refractivity contribution in [1.29, 1.82) is 0 Å². The lowest BCUT2D eigenvalue weighted by Crippen LogP contribution is -2.37. The Hall–Kier alpha value is -3.38. The molecule has 36 heavy (non-hydrogen) atoms. The summed E-state index contributed by atoms with van der Waals surface area (Å²) in [5, 5.41) is 0. The molecule has 0 atom stereocenters. The van der Waals surface area contributed by atoms with Gasteiger partial charge in [0.1, 0.15) is 11.6 Å². The average Bonchev–Trinajstić information content (AvgIpc) is 3.14. The number of halogens is 2. The molecule has 0 saturated carbocycles. The Bertz CT molecular complexity index is 1140. The first-order valence-electron chi connectivity index (χ1n) is 12.7. The van der Waals surface area contributed by atoms with Crippen LogP contribution in [0.4, 0.5) is 8.78 Å². The Kier molecular flexibility index (Phi) is 7.23. The maximum Gasteiger partial charge on any atom is 0.261 e. The highest BCUT2D eigenvalue weighted by molar-refractivity contribution is 6.21. The average molecular weight is 489 g/mol. The molecule has 0 N–H and O–H groups in total. The Balaban J connectivity index is 1.14. The Morgan fingerprint density at radius 3 is 1.72 bits per heavy atom. The molecule has 3 aromatic carbocycles. The van der Waals surface area contributed by atoms with Crippen molar-refractivity contribution in [1.82, 2.24) is 9.80 Å². The van der Waals surface area contributed by atoms with E-state index in [-0.39, 0.29) is 29.5 Å². The van der Waals surface area contributed by atoms with Gasteiger partial charge in [-0.25, -0.2) is 8.78 Å². The van der Waals surface area contributed by atoms with Gasteiger partial charge in [0.15, 0.2) is 0 Å². The molecule has 186 valence electrons. The van der Waals surface area contributed by atoms with Gasteiger partial charge in [-0.15, -0.1) is 0 Å². The van der Waals surface area contributed by atoms with Gasteiger partial charge in [0, 0.05) is 6.54 Å². The van der Waals surface area contributed by atoms with E-state index in [1.54, 1.807) is 24.3 Å². The molecular formula is C30H30F2N2O2. The molecule has 2 aliphatic rings. The first-order chi connectivity index (χ1) is 17.5. The molecule has 1 fully saturated rings. The van der Waals surface area contributed by atoms with Gasteiger partial charge in [0.25, 0.3) is 11.8 Å². The summed E-state index contributed by atoms with van der Waals surface area (Å²) in [6.45, 7) is 2.27. The van der Waals surface area contributed by atoms with Crippen molar-refractivity contribution >= 4 is 11.8 Å². The molecule has 0 spiro atoms. The molecule has 0 aliphatic carbocycles. The molecule has 0 unspecified atom stereocenters. The maximum absolute atomic E-state index is 13.6. The Morgan fingerprint density at radius 2 is 1.22 bits per heavy atom. The molecule has 2 heterocycles. The number of unbranched alkanes of at least 4 members (excludes halogenated alkanes) is 1. The quantitative estimate of drug-likeness (QED) is 0.279. The number of likely N-dealkylation sites (tertiary alicyclic amines) is 1. The van der Waals surface area contributed by atoms with Crippen molar-refractivity contribution < 1.29 is 18.4 Å². The molecule has 6 heteroatoms. The van der Waals surface area contributed by atoms with E-state index in [1.807, 2.05) is 24.3 Å². The third-order valence-corrected chi connectivity index (χ3v) is 7.51. The standard InChI is InChI=1S/C30H30F2N2O2/c31-24-12-8-22(9-13-24)28(23-10-14-25(32)15-11-23)33-19-16-21(17-20-33)5-3-4-18-34-29(35)26-6-1-2-7-27(26)30(34)36/h1-2,6-15,21,28H,3-5,16-20H2. The van der Waals surface area contributed by atoms with Crippen molar-refractivity contribution in [2.75, 3.05) is 19.6 Å². The zero-order valence-electron chi connectivity index (χ0n) is 20.2. The van der Waals surface area contributed by atoms with Gasteiger partial charge in [-0.1, -0.05) is 49.2 Å². The van der Waals surface area contributed by atoms with Crippen LogP contribution in [0.1, 0.15) is 70.0 Å². The molecule has 3 aromatic rings. The summed E-state index contributed by atoms with van der Waals surface area (Å²) in [5.41, 5.74) is 3.02. The van der Waals surface area contributed by atoms with Crippen LogP contribution >= 0.6 is 0 Å². The number of carbonyl (C=O) groups excluding carboxylic acids is 2. The summed E-state index contributed by atoms with van der Waals surface area (Å²) >= 11 is 0. The van der Waals surface area contributed by atoms with Gasteiger partial charge >= 0.3 is 0 Å². The summed E-state index contributed by atoms with van der Waals surface area (Å²) in [6.07, 6.45) is 4.93. The van der Waals surface area contributed by atoms with Crippen LogP contribution in [0.2, 0.25) is 0 Å². The SMILES string of the molecule is O=C1c2ccccc2C(=O)N1CCCCC1CCN(C(c2ccc(F)cc2)c2ccc(F)cc2)CC1. The predicted octanol–water partition coefficient (Wildman–Crippen LogP) is 6.23. The molecule has 2 amide bonds. The molecule has 4 nitrogen and oxygen atoms in total. The second kappa shape index (κ2) is 10.7. The predicted molar refractivity (Wildman–Crippen MR) is 135 cm³/mol. The molecule has 5 rings (SSSR count). The Morgan fingerprint density at radius 1 is 0.722 bits per heavy atom. The van der Waals surface area contributed by atoms with Crippen molar-refractivity contribution in [2.24, 2.45) is 5.92 Å². The molecular weight excluding hydrogens is 458 g/mol. The molecule has 0 bridgehead atoms. The van der Waals surface area contributed by atoms with E-state index in [0.717, 1.165) is 56.3 Å². The fourth-order valence-corrected chi connectivity index (χ4v) is 5.55. The van der Waals surface area contributed by atoms with Crippen molar-refractivity contribution in [3.8, 4) is 0 Å². The topological polar surface area (TPSA) is 40.6 Å². The molecule has 0 aromatic heterocycles. The number of hydrogen-bond acceptors (Lipinski definition) is 3. The van der Waals surface area contributed by atoms with Gasteiger partial charge < -0.3 is 0 Å². The highest BCUT2D eigenvalue weighted by Crippen LogP contribution is 2.34. The van der Waals surface area contributed by atoms with Crippen LogP contribution in [0.25, 0.3) is 0 Å². The third kappa shape index (κ3) is 5.09. The van der Waals surface area contributed by atoms with E-state index < -0.39 is 0 Å². The van der Waals surface area contributed by atoms with Crippen molar-refractivity contribution in [3.63, 3.8) is 0 Å². The highest BCUT2D eigenvalue weighted by Gasteiger charge is 2.34. The van der Waals surface area contributed by atoms with Crippen LogP contribution in [-0.2, 0) is 0 Å². The van der Waals surface area contributed by atoms with Gasteiger partial charge in [-0.05, 0) is 85.8 Å². The lowest BCUT2D eigenvalue weighted by molar-refractivity contribution is 0.0650. The number of nitrogens with zero attached hydrogens (tertiary/aromatic N) is 2. The first kappa shape index (κ1) is 24.3. The largest absolute Gasteiger partial charge is 0.292 e. The van der Waals surface area contributed by atoms with Crippen LogP contribution in [0.15, 0.2) is 72.8 Å². The van der Waals surface area contributed by atoms with Crippen molar-refractivity contribution in [3.05, 3.63) is 107 Å². The second-order valence-corrected chi connectivity index (χ2v) is 9.79. The maximum atomic E-state index is 13.6. The smallest absolute Gasteiger partial charge is 0.261 e. The minimum absolute atomic E-state index is 0.0408. The van der Waals surface area contributed by atoms with Gasteiger partial charge in [0.2, 0.25) is 0 Å². The number of amides is 2. The number of rotatable bonds is 8. The number of imide groups is 1. The van der Waals surface area contributed by atoms with Gasteiger partial charge in [-0.3, -0.25) is 19.4 Å². The van der Waals surface area contributed by atoms with E-state index in [0.29, 0.717) is 23.6 Å². The van der Waals surface area contributed by atoms with Crippen LogP contribution in [0.5, 0.6) is 0 Å². The monoisotopic (exact) mass is 488 g/mol. The third-order valence-electron chi connectivity index (χ3n) is 7.51. The van der Waals surface area contributed by atoms with Crippen LogP contribution in [0, 0.1) is 17.6 Å². The first-order valence-corrected chi connectivity index (χ1v) is 12.7. The minimum atomic E-state index is -0.267. The van der Waals surface area contributed by atoms with E-state index in [1.165, 1.54) is 29.2 Å². The number of fused-ring (bicyclic) bond motifs is 1. The number of hydrogen-bond donors (Lipinski definition) is 0. The fraction of sp³-hybridized carbons (Fsp3) is 0.333. The zero-order valence-corrected chi connectivity index (χ0v) is 20.2. The van der Waals surface area contributed by atoms with Crippen LogP contribution in [0.3, 0.4) is 0 Å². The molecule has 2 aliphatic heterocycles. The van der Waals surface area contributed by atoms with Gasteiger partial charge in [0.05, 0.1) is 17.2 Å². The van der Waals surface area contributed by atoms with E-state index >= 15 is 0 Å². The van der Waals surface area contributed by atoms with E-state index in [2.05, 4.69) is 4.90 Å². The summed E-state index contributed by atoms with van der Waals surface area (Å²) in [5.74, 6) is -0.313. The summed E-state index contributed by atoms with van der Waals surface area (Å²) in [4.78, 5) is 28.8. The van der Waals surface area contributed by atoms with E-state index in [4.69, 9.17) is 0 Å². The second-order valence-electron chi connectivity index (χ2n) is 9.79. The molecule has 1 saturated heterocycles. The summed E-state index contributed by atoms with van der Waals surface area (Å²) in [7, 11) is 0. The van der Waals surface area contributed by atoms with Gasteiger partial charge in [-0.2, -0.15) is 0 Å². The fourth-order valence-electron chi connectivity index (χ4n) is 5.55. The summed E-state index contributed by atoms with van der Waals surface area (Å²) < 4.78 is 27.1. The highest BCUT2D eigenvalue weighted by atomic mass is 19.1. The Labute approximate surface area is 210 Å². The lowest BCUT2D eigenvalue weighted by Gasteiger charge is -2.38. The normalized spacial score (nSPS) is 16.7. The number of benzene rings is 3. The van der Waals surface area contributed by atoms with Crippen LogP contribution < -0.4 is 0 Å². The van der Waals surface area contributed by atoms with Crippen molar-refractivity contribution in [2.45, 2.75) is 38.1 Å². The van der Waals surface area contributed by atoms with Crippen LogP contribution in [-0.4, -0.2) is 41.2 Å². The number of piperidine rings is 1. The van der Waals surface area contributed by atoms with E-state index in [9.17, 15) is 18.4 Å². The minimum Gasteiger partial charge on any atom is -0.292 e. The zero-order chi connectivity index (χ0) is 25.1. The lowest BCUT2D eigenvalue weighted by atomic mass is 9.88. The summed E-state index contributed by atoms with van der Waals surface area (Å²) in [6, 6.07) is 20.1. The molecule has 0 radical (unpaired) electrons.